The Bertz CT molecular complexity index is 643. The summed E-state index contributed by atoms with van der Waals surface area (Å²) in [6.07, 6.45) is 4.38. The molecule has 0 spiro atoms. The minimum Gasteiger partial charge on any atom is -0.376 e. The Morgan fingerprint density at radius 3 is 2.57 bits per heavy atom. The van der Waals surface area contributed by atoms with Crippen LogP contribution in [0.3, 0.4) is 0 Å². The fourth-order valence-corrected chi connectivity index (χ4v) is 4.84. The van der Waals surface area contributed by atoms with Crippen LogP contribution in [-0.2, 0) is 23.9 Å². The molecule has 1 saturated carbocycles. The van der Waals surface area contributed by atoms with Gasteiger partial charge in [-0.25, -0.2) is 0 Å². The summed E-state index contributed by atoms with van der Waals surface area (Å²) in [6, 6.07) is -0.685. The standard InChI is InChI=1S/C21H34N4O5/c1-29-14-19(26)25-12-16(11-18(25)21(28)23-8-6-22-7-9-23)24(20(27)15-4-5-15)13-17-3-2-10-30-17/h15-18,22H,2-14H2,1H3. The van der Waals surface area contributed by atoms with E-state index in [4.69, 9.17) is 9.47 Å². The monoisotopic (exact) mass is 422 g/mol. The minimum absolute atomic E-state index is 0.0145. The van der Waals surface area contributed by atoms with Crippen LogP contribution >= 0.6 is 0 Å². The summed E-state index contributed by atoms with van der Waals surface area (Å²) >= 11 is 0. The molecule has 0 radical (unpaired) electrons. The molecule has 0 aromatic carbocycles. The topological polar surface area (TPSA) is 91.4 Å². The predicted molar refractivity (Wildman–Crippen MR) is 109 cm³/mol. The fourth-order valence-electron chi connectivity index (χ4n) is 4.84. The first-order valence-corrected chi connectivity index (χ1v) is 11.3. The molecule has 0 aromatic rings. The van der Waals surface area contributed by atoms with E-state index in [0.29, 0.717) is 32.6 Å². The van der Waals surface area contributed by atoms with Gasteiger partial charge in [0.25, 0.3) is 0 Å². The molecule has 9 heteroatoms. The van der Waals surface area contributed by atoms with Crippen LogP contribution in [0.4, 0.5) is 0 Å². The molecule has 3 atom stereocenters. The van der Waals surface area contributed by atoms with E-state index in [1.165, 1.54) is 7.11 Å². The number of carbonyl (C=O) groups is 3. The fraction of sp³-hybridized carbons (Fsp3) is 0.857. The first-order valence-electron chi connectivity index (χ1n) is 11.3. The lowest BCUT2D eigenvalue weighted by Crippen LogP contribution is -2.53. The van der Waals surface area contributed by atoms with Crippen molar-refractivity contribution >= 4 is 17.7 Å². The van der Waals surface area contributed by atoms with Gasteiger partial charge >= 0.3 is 0 Å². The number of carbonyl (C=O) groups excluding carboxylic acids is 3. The molecule has 1 aliphatic carbocycles. The highest BCUT2D eigenvalue weighted by Crippen LogP contribution is 2.34. The van der Waals surface area contributed by atoms with E-state index in [1.54, 1.807) is 4.90 Å². The molecule has 3 heterocycles. The molecule has 4 fully saturated rings. The van der Waals surface area contributed by atoms with E-state index >= 15 is 0 Å². The third-order valence-electron chi connectivity index (χ3n) is 6.66. The second-order valence-corrected chi connectivity index (χ2v) is 8.86. The maximum Gasteiger partial charge on any atom is 0.249 e. The zero-order valence-electron chi connectivity index (χ0n) is 17.9. The van der Waals surface area contributed by atoms with Crippen molar-refractivity contribution in [1.29, 1.82) is 0 Å². The third kappa shape index (κ3) is 4.78. The van der Waals surface area contributed by atoms with Crippen LogP contribution in [-0.4, -0.2) is 110 Å². The molecule has 3 saturated heterocycles. The SMILES string of the molecule is COCC(=O)N1CC(N(CC2CCCO2)C(=O)C2CC2)CC1C(=O)N1CCNCC1. The lowest BCUT2D eigenvalue weighted by molar-refractivity contribution is -0.146. The molecular weight excluding hydrogens is 388 g/mol. The van der Waals surface area contributed by atoms with Crippen molar-refractivity contribution in [2.75, 3.05) is 59.6 Å². The zero-order chi connectivity index (χ0) is 21.1. The van der Waals surface area contributed by atoms with E-state index in [-0.39, 0.29) is 42.4 Å². The summed E-state index contributed by atoms with van der Waals surface area (Å²) in [6.45, 7) is 4.44. The lowest BCUT2D eigenvalue weighted by Gasteiger charge is -2.32. The van der Waals surface area contributed by atoms with Gasteiger partial charge in [-0.05, 0) is 32.1 Å². The highest BCUT2D eigenvalue weighted by molar-refractivity contribution is 5.89. The van der Waals surface area contributed by atoms with E-state index in [9.17, 15) is 14.4 Å². The van der Waals surface area contributed by atoms with Gasteiger partial charge in [0.1, 0.15) is 12.6 Å². The van der Waals surface area contributed by atoms with Gasteiger partial charge in [0.15, 0.2) is 0 Å². The molecule has 168 valence electrons. The molecule has 30 heavy (non-hydrogen) atoms. The molecule has 0 aromatic heterocycles. The quantitative estimate of drug-likeness (QED) is 0.592. The van der Waals surface area contributed by atoms with E-state index in [2.05, 4.69) is 5.32 Å². The molecule has 3 unspecified atom stereocenters. The summed E-state index contributed by atoms with van der Waals surface area (Å²) in [5.41, 5.74) is 0. The molecular formula is C21H34N4O5. The Kier molecular flexibility index (Phi) is 6.90. The van der Waals surface area contributed by atoms with Crippen molar-refractivity contribution in [3.63, 3.8) is 0 Å². The van der Waals surface area contributed by atoms with Crippen molar-refractivity contribution < 1.29 is 23.9 Å². The third-order valence-corrected chi connectivity index (χ3v) is 6.66. The molecule has 3 amide bonds. The molecule has 0 bridgehead atoms. The van der Waals surface area contributed by atoms with Crippen LogP contribution < -0.4 is 5.32 Å². The number of likely N-dealkylation sites (tertiary alicyclic amines) is 1. The van der Waals surface area contributed by atoms with Crippen LogP contribution in [0.15, 0.2) is 0 Å². The summed E-state index contributed by atoms with van der Waals surface area (Å²) in [7, 11) is 1.49. The molecule has 4 aliphatic rings. The van der Waals surface area contributed by atoms with Crippen molar-refractivity contribution in [2.45, 2.75) is 50.3 Å². The number of nitrogens with one attached hydrogen (secondary N) is 1. The Hall–Kier alpha value is -1.71. The van der Waals surface area contributed by atoms with Crippen molar-refractivity contribution in [1.82, 2.24) is 20.0 Å². The van der Waals surface area contributed by atoms with E-state index < -0.39 is 6.04 Å². The van der Waals surface area contributed by atoms with Gasteiger partial charge < -0.3 is 29.5 Å². The largest absolute Gasteiger partial charge is 0.376 e. The van der Waals surface area contributed by atoms with Crippen molar-refractivity contribution in [3.8, 4) is 0 Å². The van der Waals surface area contributed by atoms with Gasteiger partial charge in [-0.3, -0.25) is 14.4 Å². The predicted octanol–water partition coefficient (Wildman–Crippen LogP) is -0.548. The Balaban J connectivity index is 1.51. The number of hydrogen-bond acceptors (Lipinski definition) is 6. The highest BCUT2D eigenvalue weighted by atomic mass is 16.5. The van der Waals surface area contributed by atoms with Gasteiger partial charge in [-0.15, -0.1) is 0 Å². The van der Waals surface area contributed by atoms with E-state index in [1.807, 2.05) is 9.80 Å². The molecule has 4 rings (SSSR count). The lowest BCUT2D eigenvalue weighted by atomic mass is 10.1. The van der Waals surface area contributed by atoms with Crippen LogP contribution in [0, 0.1) is 5.92 Å². The molecule has 3 aliphatic heterocycles. The number of piperazine rings is 1. The molecule has 1 N–H and O–H groups in total. The van der Waals surface area contributed by atoms with E-state index in [0.717, 1.165) is 45.4 Å². The Morgan fingerprint density at radius 1 is 1.17 bits per heavy atom. The summed E-state index contributed by atoms with van der Waals surface area (Å²) in [5, 5.41) is 3.25. The normalized spacial score (nSPS) is 29.3. The maximum atomic E-state index is 13.3. The number of methoxy groups -OCH3 is 1. The average Bonchev–Trinajstić information content (AvgIpc) is 3.31. The van der Waals surface area contributed by atoms with Gasteiger partial charge in [0.2, 0.25) is 17.7 Å². The average molecular weight is 423 g/mol. The molecule has 9 nitrogen and oxygen atoms in total. The summed E-state index contributed by atoms with van der Waals surface area (Å²) < 4.78 is 10.9. The minimum atomic E-state index is -0.533. The number of hydrogen-bond donors (Lipinski definition) is 1. The zero-order valence-corrected chi connectivity index (χ0v) is 17.9. The number of ether oxygens (including phenoxy) is 2. The number of rotatable bonds is 7. The number of amides is 3. The number of nitrogens with zero attached hydrogens (tertiary/aromatic N) is 3. The first-order chi connectivity index (χ1) is 14.6. The Morgan fingerprint density at radius 2 is 1.93 bits per heavy atom. The van der Waals surface area contributed by atoms with Crippen LogP contribution in [0.1, 0.15) is 32.1 Å². The smallest absolute Gasteiger partial charge is 0.249 e. The Labute approximate surface area is 178 Å². The van der Waals surface area contributed by atoms with Crippen LogP contribution in [0.25, 0.3) is 0 Å². The van der Waals surface area contributed by atoms with Gasteiger partial charge in [0, 0.05) is 58.9 Å². The van der Waals surface area contributed by atoms with Gasteiger partial charge in [-0.1, -0.05) is 0 Å². The first kappa shape index (κ1) is 21.5. The second-order valence-electron chi connectivity index (χ2n) is 8.86. The highest BCUT2D eigenvalue weighted by Gasteiger charge is 2.46. The summed E-state index contributed by atoms with van der Waals surface area (Å²) in [4.78, 5) is 44.5. The van der Waals surface area contributed by atoms with Crippen molar-refractivity contribution in [3.05, 3.63) is 0 Å². The second kappa shape index (κ2) is 9.62. The van der Waals surface area contributed by atoms with Gasteiger partial charge in [0.05, 0.1) is 12.1 Å². The van der Waals surface area contributed by atoms with Crippen LogP contribution in [0.5, 0.6) is 0 Å². The van der Waals surface area contributed by atoms with Crippen LogP contribution in [0.2, 0.25) is 0 Å². The summed E-state index contributed by atoms with van der Waals surface area (Å²) in [5.74, 6) is 0.0474. The van der Waals surface area contributed by atoms with Crippen molar-refractivity contribution in [2.24, 2.45) is 5.92 Å². The van der Waals surface area contributed by atoms with Gasteiger partial charge in [-0.2, -0.15) is 0 Å². The maximum absolute atomic E-state index is 13.3.